The summed E-state index contributed by atoms with van der Waals surface area (Å²) in [6.45, 7) is 1.22. The number of amides is 1. The standard InChI is InChI=1S/C23H18N4O4S/c28-21-19-18(13-3-1-2-4-15(13)26-19)14(7-8-24-21)20-22(29)27-23(32-20)25-10-12-5-6-16-17(9-12)31-11-30-16/h1-6,9,29H,7-8,10-11H2,(H,24,28)(H,25,27). The highest BCUT2D eigenvalue weighted by molar-refractivity contribution is 7.17. The number of carbonyl (C=O) groups excluding carboxylic acids is 1. The van der Waals surface area contributed by atoms with Crippen molar-refractivity contribution >= 4 is 44.9 Å². The number of anilines is 1. The van der Waals surface area contributed by atoms with Crippen LogP contribution < -0.4 is 20.1 Å². The molecule has 3 aliphatic heterocycles. The molecule has 32 heavy (non-hydrogen) atoms. The highest BCUT2D eigenvalue weighted by Crippen LogP contribution is 2.45. The second-order valence-corrected chi connectivity index (χ2v) is 8.55. The van der Waals surface area contributed by atoms with Crippen LogP contribution in [0.25, 0.3) is 11.1 Å². The van der Waals surface area contributed by atoms with E-state index in [1.165, 1.54) is 11.3 Å². The molecule has 2 aromatic carbocycles. The molecule has 4 heterocycles. The molecule has 9 heteroatoms. The molecule has 0 aliphatic carbocycles. The third-order valence-electron chi connectivity index (χ3n) is 5.58. The Bertz CT molecular complexity index is 1330. The van der Waals surface area contributed by atoms with E-state index in [2.05, 4.69) is 20.6 Å². The number of rotatable bonds is 4. The van der Waals surface area contributed by atoms with Gasteiger partial charge in [0.1, 0.15) is 5.71 Å². The molecular formula is C23H18N4O4S. The van der Waals surface area contributed by atoms with Crippen LogP contribution in [0.2, 0.25) is 0 Å². The van der Waals surface area contributed by atoms with E-state index in [0.29, 0.717) is 35.2 Å². The van der Waals surface area contributed by atoms with Gasteiger partial charge in [-0.1, -0.05) is 35.6 Å². The minimum Gasteiger partial charge on any atom is -0.492 e. The summed E-state index contributed by atoms with van der Waals surface area (Å²) in [5.41, 5.74) is 4.71. The third kappa shape index (κ3) is 3.09. The van der Waals surface area contributed by atoms with E-state index >= 15 is 0 Å². The zero-order valence-electron chi connectivity index (χ0n) is 16.8. The van der Waals surface area contributed by atoms with Crippen molar-refractivity contribution in [3.63, 3.8) is 0 Å². The Kier molecular flexibility index (Phi) is 4.36. The Morgan fingerprint density at radius 2 is 2.03 bits per heavy atom. The van der Waals surface area contributed by atoms with E-state index in [4.69, 9.17) is 9.47 Å². The number of aromatic hydroxyl groups is 1. The Balaban J connectivity index is 1.33. The lowest BCUT2D eigenvalue weighted by atomic mass is 9.95. The summed E-state index contributed by atoms with van der Waals surface area (Å²) in [7, 11) is 0. The highest BCUT2D eigenvalue weighted by Gasteiger charge is 2.33. The molecule has 0 fully saturated rings. The smallest absolute Gasteiger partial charge is 0.270 e. The maximum atomic E-state index is 12.6. The van der Waals surface area contributed by atoms with Gasteiger partial charge in [-0.25, -0.2) is 4.99 Å². The van der Waals surface area contributed by atoms with Crippen LogP contribution in [0.3, 0.4) is 0 Å². The normalized spacial score (nSPS) is 16.2. The molecule has 3 aliphatic rings. The largest absolute Gasteiger partial charge is 0.492 e. The van der Waals surface area contributed by atoms with E-state index < -0.39 is 0 Å². The van der Waals surface area contributed by atoms with E-state index in [1.807, 2.05) is 42.5 Å². The van der Waals surface area contributed by atoms with E-state index in [1.54, 1.807) is 0 Å². The van der Waals surface area contributed by atoms with Gasteiger partial charge in [-0.05, 0) is 35.8 Å². The molecule has 1 amide bonds. The molecule has 1 aromatic heterocycles. The minimum atomic E-state index is -0.198. The summed E-state index contributed by atoms with van der Waals surface area (Å²) < 4.78 is 10.8. The van der Waals surface area contributed by atoms with Gasteiger partial charge >= 0.3 is 0 Å². The molecule has 0 radical (unpaired) electrons. The zero-order valence-corrected chi connectivity index (χ0v) is 17.7. The fraction of sp³-hybridized carbons (Fsp3) is 0.174. The first-order valence-electron chi connectivity index (χ1n) is 10.2. The molecule has 0 atom stereocenters. The average Bonchev–Trinajstić information content (AvgIpc) is 3.49. The first-order valence-corrected chi connectivity index (χ1v) is 11.0. The third-order valence-corrected chi connectivity index (χ3v) is 6.65. The van der Waals surface area contributed by atoms with Crippen molar-refractivity contribution in [3.05, 3.63) is 58.5 Å². The lowest BCUT2D eigenvalue weighted by molar-refractivity contribution is -0.114. The molecule has 6 rings (SSSR count). The monoisotopic (exact) mass is 446 g/mol. The second kappa shape index (κ2) is 7.38. The van der Waals surface area contributed by atoms with Gasteiger partial charge in [0.15, 0.2) is 16.6 Å². The van der Waals surface area contributed by atoms with Gasteiger partial charge in [-0.15, -0.1) is 0 Å². The maximum absolute atomic E-state index is 12.6. The van der Waals surface area contributed by atoms with Gasteiger partial charge in [0.2, 0.25) is 12.7 Å². The maximum Gasteiger partial charge on any atom is 0.270 e. The number of aromatic nitrogens is 1. The van der Waals surface area contributed by atoms with Crippen molar-refractivity contribution in [2.45, 2.75) is 13.0 Å². The fourth-order valence-corrected chi connectivity index (χ4v) is 5.04. The molecule has 8 nitrogen and oxygen atoms in total. The number of carbonyl (C=O) groups is 1. The lowest BCUT2D eigenvalue weighted by Crippen LogP contribution is -2.29. The molecule has 3 aromatic rings. The van der Waals surface area contributed by atoms with Crippen molar-refractivity contribution in [2.24, 2.45) is 4.99 Å². The fourth-order valence-electron chi connectivity index (χ4n) is 4.11. The number of hydrogen-bond acceptors (Lipinski definition) is 8. The summed E-state index contributed by atoms with van der Waals surface area (Å²) in [4.78, 5) is 22.1. The molecule has 0 spiro atoms. The van der Waals surface area contributed by atoms with Crippen molar-refractivity contribution in [2.75, 3.05) is 18.7 Å². The van der Waals surface area contributed by atoms with Crippen LogP contribution in [0, 0.1) is 0 Å². The van der Waals surface area contributed by atoms with Gasteiger partial charge in [0.05, 0.1) is 10.6 Å². The summed E-state index contributed by atoms with van der Waals surface area (Å²) in [6.07, 6.45) is 0.575. The Labute approximate surface area is 187 Å². The number of nitrogens with zero attached hydrogens (tertiary/aromatic N) is 2. The van der Waals surface area contributed by atoms with Crippen LogP contribution in [-0.2, 0) is 11.3 Å². The van der Waals surface area contributed by atoms with Crippen LogP contribution in [-0.4, -0.2) is 35.0 Å². The highest BCUT2D eigenvalue weighted by atomic mass is 32.1. The van der Waals surface area contributed by atoms with E-state index in [0.717, 1.165) is 39.5 Å². The van der Waals surface area contributed by atoms with Gasteiger partial charge in [-0.3, -0.25) is 4.79 Å². The Hall–Kier alpha value is -3.85. The molecule has 0 saturated carbocycles. The minimum absolute atomic E-state index is 0.0521. The number of benzene rings is 2. The number of hydrogen-bond donors (Lipinski definition) is 3. The van der Waals surface area contributed by atoms with Gasteiger partial charge in [0.25, 0.3) is 5.91 Å². The number of para-hydroxylation sites is 1. The quantitative estimate of drug-likeness (QED) is 0.564. The van der Waals surface area contributed by atoms with Gasteiger partial charge in [0, 0.05) is 24.2 Å². The molecule has 0 unspecified atom stereocenters. The van der Waals surface area contributed by atoms with Crippen molar-refractivity contribution in [1.29, 1.82) is 0 Å². The van der Waals surface area contributed by atoms with Crippen molar-refractivity contribution < 1.29 is 19.4 Å². The Morgan fingerprint density at radius 3 is 2.97 bits per heavy atom. The summed E-state index contributed by atoms with van der Waals surface area (Å²) >= 11 is 1.36. The molecule has 0 saturated heterocycles. The lowest BCUT2D eigenvalue weighted by Gasteiger charge is -2.08. The first kappa shape index (κ1) is 18.9. The van der Waals surface area contributed by atoms with Crippen molar-refractivity contribution in [3.8, 4) is 17.4 Å². The number of nitrogens with one attached hydrogen (secondary N) is 2. The number of thiazole rings is 1. The summed E-state index contributed by atoms with van der Waals surface area (Å²) in [5.74, 6) is 1.21. The first-order chi connectivity index (χ1) is 15.7. The molecule has 3 N–H and O–H groups in total. The average molecular weight is 446 g/mol. The number of fused-ring (bicyclic) bond motifs is 4. The van der Waals surface area contributed by atoms with Crippen LogP contribution in [0.4, 0.5) is 10.8 Å². The summed E-state index contributed by atoms with van der Waals surface area (Å²) in [6, 6.07) is 13.4. The number of ether oxygens (including phenoxy) is 2. The second-order valence-electron chi connectivity index (χ2n) is 7.55. The van der Waals surface area contributed by atoms with Crippen LogP contribution in [0.15, 0.2) is 47.5 Å². The predicted octanol–water partition coefficient (Wildman–Crippen LogP) is 3.71. The van der Waals surface area contributed by atoms with Gasteiger partial charge < -0.3 is 25.2 Å². The van der Waals surface area contributed by atoms with Crippen LogP contribution >= 0.6 is 11.3 Å². The molecule has 0 bridgehead atoms. The summed E-state index contributed by atoms with van der Waals surface area (Å²) in [5, 5.41) is 17.4. The number of aliphatic imine (C=N–C) groups is 1. The van der Waals surface area contributed by atoms with Crippen LogP contribution in [0.5, 0.6) is 17.4 Å². The van der Waals surface area contributed by atoms with Crippen LogP contribution in [0.1, 0.15) is 22.4 Å². The zero-order chi connectivity index (χ0) is 21.7. The predicted molar refractivity (Wildman–Crippen MR) is 122 cm³/mol. The SMILES string of the molecule is O=C1NCCC(c2sc(NCc3ccc4c(c3)OCO4)nc2O)=C2C1=Nc1ccccc12. The Morgan fingerprint density at radius 1 is 1.16 bits per heavy atom. The van der Waals surface area contributed by atoms with Gasteiger partial charge in [-0.2, -0.15) is 4.98 Å². The van der Waals surface area contributed by atoms with E-state index in [-0.39, 0.29) is 18.6 Å². The van der Waals surface area contributed by atoms with E-state index in [9.17, 15) is 9.90 Å². The van der Waals surface area contributed by atoms with Crippen molar-refractivity contribution in [1.82, 2.24) is 10.3 Å². The molecular weight excluding hydrogens is 428 g/mol. The topological polar surface area (TPSA) is 105 Å². The molecule has 160 valence electrons.